The molecule has 2 aliphatic heterocycles. The number of piperidine rings is 1. The van der Waals surface area contributed by atoms with Gasteiger partial charge in [0.05, 0.1) is 10.0 Å². The van der Waals surface area contributed by atoms with Gasteiger partial charge in [-0.15, -0.1) is 0 Å². The zero-order valence-corrected chi connectivity index (χ0v) is 17.8. The average Bonchev–Trinajstić information content (AvgIpc) is 2.69. The van der Waals surface area contributed by atoms with Crippen molar-refractivity contribution < 1.29 is 9.59 Å². The second-order valence-corrected chi connectivity index (χ2v) is 8.32. The SMILES string of the molecule is C[C@H]1C(=O)N(CCCN2CCCCC2)CCN1C(=O)Nc1ccc(Cl)c(Cl)c1. The summed E-state index contributed by atoms with van der Waals surface area (Å²) in [4.78, 5) is 31.3. The molecule has 1 N–H and O–H groups in total. The minimum Gasteiger partial charge on any atom is -0.339 e. The van der Waals surface area contributed by atoms with Crippen molar-refractivity contribution in [1.29, 1.82) is 0 Å². The van der Waals surface area contributed by atoms with Crippen LogP contribution < -0.4 is 5.32 Å². The maximum Gasteiger partial charge on any atom is 0.322 e. The summed E-state index contributed by atoms with van der Waals surface area (Å²) in [6.45, 7) is 7.01. The van der Waals surface area contributed by atoms with E-state index in [4.69, 9.17) is 23.2 Å². The van der Waals surface area contributed by atoms with Gasteiger partial charge in [-0.2, -0.15) is 0 Å². The van der Waals surface area contributed by atoms with Crippen LogP contribution in [-0.4, -0.2) is 71.9 Å². The van der Waals surface area contributed by atoms with Crippen LogP contribution in [0, 0.1) is 0 Å². The fourth-order valence-electron chi connectivity index (χ4n) is 3.87. The van der Waals surface area contributed by atoms with Crippen molar-refractivity contribution in [2.75, 3.05) is 44.6 Å². The molecule has 0 radical (unpaired) electrons. The first-order valence-electron chi connectivity index (χ1n) is 9.99. The predicted octanol–water partition coefficient (Wildman–Crippen LogP) is 3.93. The minimum atomic E-state index is -0.480. The number of anilines is 1. The van der Waals surface area contributed by atoms with Gasteiger partial charge in [-0.05, 0) is 64.0 Å². The third kappa shape index (κ3) is 5.31. The first-order valence-corrected chi connectivity index (χ1v) is 10.7. The van der Waals surface area contributed by atoms with Crippen molar-refractivity contribution in [2.24, 2.45) is 0 Å². The van der Waals surface area contributed by atoms with E-state index < -0.39 is 6.04 Å². The highest BCUT2D eigenvalue weighted by Gasteiger charge is 2.34. The molecule has 6 nitrogen and oxygen atoms in total. The van der Waals surface area contributed by atoms with Gasteiger partial charge in [-0.1, -0.05) is 29.6 Å². The highest BCUT2D eigenvalue weighted by atomic mass is 35.5. The monoisotopic (exact) mass is 426 g/mol. The molecule has 154 valence electrons. The zero-order chi connectivity index (χ0) is 20.1. The Labute approximate surface area is 176 Å². The van der Waals surface area contributed by atoms with E-state index in [9.17, 15) is 9.59 Å². The Bertz CT molecular complexity index is 709. The third-order valence-corrected chi connectivity index (χ3v) is 6.27. The highest BCUT2D eigenvalue weighted by molar-refractivity contribution is 6.42. The molecule has 0 spiro atoms. The molecule has 0 unspecified atom stereocenters. The number of benzene rings is 1. The summed E-state index contributed by atoms with van der Waals surface area (Å²) in [5.41, 5.74) is 0.558. The number of halogens is 2. The number of hydrogen-bond donors (Lipinski definition) is 1. The van der Waals surface area contributed by atoms with E-state index >= 15 is 0 Å². The maximum atomic E-state index is 12.7. The number of hydrogen-bond acceptors (Lipinski definition) is 3. The predicted molar refractivity (Wildman–Crippen MR) is 113 cm³/mol. The van der Waals surface area contributed by atoms with Crippen LogP contribution in [0.3, 0.4) is 0 Å². The normalized spacial score (nSPS) is 21.1. The van der Waals surface area contributed by atoms with E-state index in [1.807, 2.05) is 4.90 Å². The van der Waals surface area contributed by atoms with Crippen LogP contribution in [-0.2, 0) is 4.79 Å². The first-order chi connectivity index (χ1) is 13.5. The van der Waals surface area contributed by atoms with Gasteiger partial charge in [-0.3, -0.25) is 4.79 Å². The fourth-order valence-corrected chi connectivity index (χ4v) is 4.16. The highest BCUT2D eigenvalue weighted by Crippen LogP contribution is 2.25. The van der Waals surface area contributed by atoms with E-state index in [1.54, 1.807) is 30.0 Å². The maximum absolute atomic E-state index is 12.7. The standard InChI is InChI=1S/C20H28Cl2N4O2/c1-15-19(27)25(11-5-10-24-8-3-2-4-9-24)12-13-26(15)20(28)23-16-6-7-17(21)18(22)14-16/h6-7,14-15H,2-5,8-13H2,1H3,(H,23,28)/t15-/m0/s1. The summed E-state index contributed by atoms with van der Waals surface area (Å²) in [5, 5.41) is 3.61. The van der Waals surface area contributed by atoms with Crippen molar-refractivity contribution >= 4 is 40.8 Å². The summed E-state index contributed by atoms with van der Waals surface area (Å²) in [7, 11) is 0. The molecule has 0 aliphatic carbocycles. The largest absolute Gasteiger partial charge is 0.339 e. The summed E-state index contributed by atoms with van der Waals surface area (Å²) in [6.07, 6.45) is 4.87. The number of carbonyl (C=O) groups excluding carboxylic acids is 2. The van der Waals surface area contributed by atoms with E-state index in [1.165, 1.54) is 32.4 Å². The molecular formula is C20H28Cl2N4O2. The van der Waals surface area contributed by atoms with Gasteiger partial charge in [0.2, 0.25) is 5.91 Å². The molecule has 1 aromatic carbocycles. The number of piperazine rings is 1. The fraction of sp³-hybridized carbons (Fsp3) is 0.600. The Balaban J connectivity index is 1.48. The van der Waals surface area contributed by atoms with Gasteiger partial charge >= 0.3 is 6.03 Å². The molecule has 0 aromatic heterocycles. The van der Waals surface area contributed by atoms with E-state index in [2.05, 4.69) is 10.2 Å². The Morgan fingerprint density at radius 1 is 1.07 bits per heavy atom. The second kappa shape index (κ2) is 9.81. The van der Waals surface area contributed by atoms with E-state index in [0.29, 0.717) is 28.8 Å². The average molecular weight is 427 g/mol. The topological polar surface area (TPSA) is 55.9 Å². The van der Waals surface area contributed by atoms with Crippen LogP contribution in [0.25, 0.3) is 0 Å². The number of nitrogens with zero attached hydrogens (tertiary/aromatic N) is 3. The second-order valence-electron chi connectivity index (χ2n) is 7.51. The third-order valence-electron chi connectivity index (χ3n) is 5.53. The molecule has 3 rings (SSSR count). The van der Waals surface area contributed by atoms with Gasteiger partial charge in [0.1, 0.15) is 6.04 Å². The summed E-state index contributed by atoms with van der Waals surface area (Å²) < 4.78 is 0. The Kier molecular flexibility index (Phi) is 7.43. The van der Waals surface area contributed by atoms with Gasteiger partial charge in [0, 0.05) is 25.3 Å². The quantitative estimate of drug-likeness (QED) is 0.775. The molecule has 2 aliphatic rings. The minimum absolute atomic E-state index is 0.00850. The van der Waals surface area contributed by atoms with Crippen LogP contribution in [0.1, 0.15) is 32.6 Å². The smallest absolute Gasteiger partial charge is 0.322 e. The molecule has 0 bridgehead atoms. The van der Waals surface area contributed by atoms with Crippen molar-refractivity contribution in [3.05, 3.63) is 28.2 Å². The lowest BCUT2D eigenvalue weighted by Gasteiger charge is -2.39. The number of urea groups is 1. The summed E-state index contributed by atoms with van der Waals surface area (Å²) >= 11 is 11.9. The van der Waals surface area contributed by atoms with Crippen LogP contribution in [0.4, 0.5) is 10.5 Å². The number of nitrogens with one attached hydrogen (secondary N) is 1. The van der Waals surface area contributed by atoms with Gasteiger partial charge in [-0.25, -0.2) is 4.79 Å². The van der Waals surface area contributed by atoms with Gasteiger partial charge in [0.25, 0.3) is 0 Å². The van der Waals surface area contributed by atoms with Gasteiger partial charge < -0.3 is 20.0 Å². The Morgan fingerprint density at radius 2 is 1.82 bits per heavy atom. The zero-order valence-electron chi connectivity index (χ0n) is 16.3. The number of likely N-dealkylation sites (tertiary alicyclic amines) is 1. The van der Waals surface area contributed by atoms with Crippen LogP contribution in [0.15, 0.2) is 18.2 Å². The molecule has 0 saturated carbocycles. The van der Waals surface area contributed by atoms with Crippen LogP contribution >= 0.6 is 23.2 Å². The Hall–Kier alpha value is -1.50. The number of carbonyl (C=O) groups is 2. The lowest BCUT2D eigenvalue weighted by molar-refractivity contribution is -0.139. The van der Waals surface area contributed by atoms with Crippen molar-refractivity contribution in [1.82, 2.24) is 14.7 Å². The van der Waals surface area contributed by atoms with Crippen molar-refractivity contribution in [3.63, 3.8) is 0 Å². The molecule has 3 amide bonds. The van der Waals surface area contributed by atoms with Crippen LogP contribution in [0.5, 0.6) is 0 Å². The molecule has 1 aromatic rings. The lowest BCUT2D eigenvalue weighted by atomic mass is 10.1. The van der Waals surface area contributed by atoms with E-state index in [0.717, 1.165) is 19.5 Å². The van der Waals surface area contributed by atoms with E-state index in [-0.39, 0.29) is 11.9 Å². The molecule has 8 heteroatoms. The number of amides is 3. The van der Waals surface area contributed by atoms with Crippen LogP contribution in [0.2, 0.25) is 10.0 Å². The summed E-state index contributed by atoms with van der Waals surface area (Å²) in [6, 6.07) is 4.15. The number of rotatable bonds is 5. The molecule has 1 atom stereocenters. The molecule has 2 heterocycles. The molecular weight excluding hydrogens is 399 g/mol. The molecule has 2 saturated heterocycles. The van der Waals surface area contributed by atoms with Crippen molar-refractivity contribution in [3.8, 4) is 0 Å². The van der Waals surface area contributed by atoms with Crippen molar-refractivity contribution in [2.45, 2.75) is 38.6 Å². The first kappa shape index (κ1) is 21.2. The lowest BCUT2D eigenvalue weighted by Crippen LogP contribution is -2.58. The molecule has 28 heavy (non-hydrogen) atoms. The molecule has 2 fully saturated rings. The summed E-state index contributed by atoms with van der Waals surface area (Å²) in [5.74, 6) is 0.00850. The van der Waals surface area contributed by atoms with Gasteiger partial charge in [0.15, 0.2) is 0 Å². The Morgan fingerprint density at radius 3 is 2.54 bits per heavy atom.